The number of rotatable bonds is 6. The van der Waals surface area contributed by atoms with E-state index < -0.39 is 0 Å². The zero-order valence-electron chi connectivity index (χ0n) is 14.1. The lowest BCUT2D eigenvalue weighted by Crippen LogP contribution is -2.62. The highest BCUT2D eigenvalue weighted by Crippen LogP contribution is 2.37. The van der Waals surface area contributed by atoms with Crippen molar-refractivity contribution in [3.63, 3.8) is 0 Å². The summed E-state index contributed by atoms with van der Waals surface area (Å²) in [6, 6.07) is 0.800. The molecule has 0 amide bonds. The Morgan fingerprint density at radius 3 is 2.35 bits per heavy atom. The van der Waals surface area contributed by atoms with Crippen molar-refractivity contribution in [2.24, 2.45) is 17.6 Å². The van der Waals surface area contributed by atoms with Crippen LogP contribution in [0.5, 0.6) is 0 Å². The fourth-order valence-corrected chi connectivity index (χ4v) is 4.26. The van der Waals surface area contributed by atoms with Crippen molar-refractivity contribution in [3.8, 4) is 0 Å². The van der Waals surface area contributed by atoms with Crippen molar-refractivity contribution < 1.29 is 0 Å². The zero-order valence-corrected chi connectivity index (χ0v) is 14.1. The van der Waals surface area contributed by atoms with Gasteiger partial charge in [-0.3, -0.25) is 4.90 Å². The van der Waals surface area contributed by atoms with E-state index >= 15 is 0 Å². The Kier molecular flexibility index (Phi) is 5.49. The molecule has 0 bridgehead atoms. The van der Waals surface area contributed by atoms with E-state index in [0.29, 0.717) is 0 Å². The molecule has 2 aliphatic heterocycles. The van der Waals surface area contributed by atoms with Crippen LogP contribution in [0.4, 0.5) is 0 Å². The standard InChI is InChI=1S/C17H35N3/c1-14(2)11-20(12-15(3)4)17(13-18)7-9-19-8-5-6-16(19)10-17/h14-16H,5-13,18H2,1-4H3. The molecule has 2 aliphatic rings. The van der Waals surface area contributed by atoms with Gasteiger partial charge in [-0.25, -0.2) is 0 Å². The molecule has 0 aliphatic carbocycles. The minimum absolute atomic E-state index is 0.264. The monoisotopic (exact) mass is 281 g/mol. The Hall–Kier alpha value is -0.120. The third-order valence-corrected chi connectivity index (χ3v) is 5.20. The van der Waals surface area contributed by atoms with E-state index in [9.17, 15) is 0 Å². The Bertz CT molecular complexity index is 293. The predicted molar refractivity (Wildman–Crippen MR) is 86.9 cm³/mol. The van der Waals surface area contributed by atoms with Crippen LogP contribution in [0.15, 0.2) is 0 Å². The summed E-state index contributed by atoms with van der Waals surface area (Å²) in [5, 5.41) is 0. The topological polar surface area (TPSA) is 32.5 Å². The van der Waals surface area contributed by atoms with E-state index in [1.54, 1.807) is 0 Å². The SMILES string of the molecule is CC(C)CN(CC(C)C)C1(CN)CCN2CCCC2C1. The van der Waals surface area contributed by atoms with Crippen molar-refractivity contribution in [1.29, 1.82) is 0 Å². The average molecular weight is 281 g/mol. The fraction of sp³-hybridized carbons (Fsp3) is 1.00. The van der Waals surface area contributed by atoms with Gasteiger partial charge in [0.2, 0.25) is 0 Å². The molecule has 2 fully saturated rings. The Morgan fingerprint density at radius 1 is 1.15 bits per heavy atom. The third-order valence-electron chi connectivity index (χ3n) is 5.20. The zero-order chi connectivity index (χ0) is 14.8. The molecule has 0 aromatic carbocycles. The van der Waals surface area contributed by atoms with Crippen LogP contribution in [-0.2, 0) is 0 Å². The molecule has 2 atom stereocenters. The lowest BCUT2D eigenvalue weighted by molar-refractivity contribution is -0.00304. The molecule has 2 N–H and O–H groups in total. The third kappa shape index (κ3) is 3.55. The van der Waals surface area contributed by atoms with Gasteiger partial charge in [0.25, 0.3) is 0 Å². The molecule has 20 heavy (non-hydrogen) atoms. The molecule has 3 nitrogen and oxygen atoms in total. The summed E-state index contributed by atoms with van der Waals surface area (Å²) in [5.74, 6) is 1.44. The van der Waals surface area contributed by atoms with Crippen molar-refractivity contribution >= 4 is 0 Å². The summed E-state index contributed by atoms with van der Waals surface area (Å²) >= 11 is 0. The first-order valence-corrected chi connectivity index (χ1v) is 8.66. The van der Waals surface area contributed by atoms with E-state index in [2.05, 4.69) is 37.5 Å². The lowest BCUT2D eigenvalue weighted by Gasteiger charge is -2.51. The molecule has 0 aromatic rings. The van der Waals surface area contributed by atoms with Crippen LogP contribution in [0.1, 0.15) is 53.4 Å². The molecule has 0 spiro atoms. The molecule has 0 radical (unpaired) electrons. The summed E-state index contributed by atoms with van der Waals surface area (Å²) < 4.78 is 0. The summed E-state index contributed by atoms with van der Waals surface area (Å²) in [5.41, 5.74) is 6.58. The van der Waals surface area contributed by atoms with Crippen molar-refractivity contribution in [1.82, 2.24) is 9.80 Å². The van der Waals surface area contributed by atoms with Gasteiger partial charge in [0, 0.05) is 37.8 Å². The molecule has 2 heterocycles. The van der Waals surface area contributed by atoms with Gasteiger partial charge in [-0.1, -0.05) is 27.7 Å². The van der Waals surface area contributed by atoms with Crippen LogP contribution < -0.4 is 5.73 Å². The summed E-state index contributed by atoms with van der Waals surface area (Å²) in [6.45, 7) is 15.1. The summed E-state index contributed by atoms with van der Waals surface area (Å²) in [6.07, 6.45) is 5.33. The number of nitrogens with zero attached hydrogens (tertiary/aromatic N) is 2. The molecule has 2 unspecified atom stereocenters. The second kappa shape index (κ2) is 6.76. The Morgan fingerprint density at radius 2 is 1.80 bits per heavy atom. The molecule has 3 heteroatoms. The second-order valence-corrected chi connectivity index (χ2v) is 7.91. The maximum absolute atomic E-state index is 6.31. The minimum atomic E-state index is 0.264. The molecule has 2 saturated heterocycles. The lowest BCUT2D eigenvalue weighted by atomic mass is 9.80. The molecule has 2 rings (SSSR count). The number of hydrogen-bond acceptors (Lipinski definition) is 3. The van der Waals surface area contributed by atoms with E-state index in [1.165, 1.54) is 51.9 Å². The highest BCUT2D eigenvalue weighted by Gasteiger charge is 2.44. The molecule has 118 valence electrons. The van der Waals surface area contributed by atoms with Crippen molar-refractivity contribution in [2.75, 3.05) is 32.7 Å². The smallest absolute Gasteiger partial charge is 0.0358 e. The van der Waals surface area contributed by atoms with Gasteiger partial charge < -0.3 is 10.6 Å². The molecule has 0 saturated carbocycles. The van der Waals surface area contributed by atoms with Crippen molar-refractivity contribution in [3.05, 3.63) is 0 Å². The Labute approximate surface area is 125 Å². The maximum Gasteiger partial charge on any atom is 0.0358 e. The van der Waals surface area contributed by atoms with Crippen LogP contribution in [0, 0.1) is 11.8 Å². The van der Waals surface area contributed by atoms with E-state index in [0.717, 1.165) is 24.4 Å². The normalized spacial score (nSPS) is 31.5. The summed E-state index contributed by atoms with van der Waals surface area (Å²) in [7, 11) is 0. The number of hydrogen-bond donors (Lipinski definition) is 1. The first kappa shape index (κ1) is 16.3. The average Bonchev–Trinajstić information content (AvgIpc) is 2.83. The number of nitrogens with two attached hydrogens (primary N) is 1. The first-order chi connectivity index (χ1) is 9.47. The maximum atomic E-state index is 6.31. The molecular formula is C17H35N3. The van der Waals surface area contributed by atoms with Gasteiger partial charge in [0.15, 0.2) is 0 Å². The number of piperidine rings is 1. The predicted octanol–water partition coefficient (Wildman–Crippen LogP) is 2.56. The van der Waals surface area contributed by atoms with Crippen LogP contribution >= 0.6 is 0 Å². The van der Waals surface area contributed by atoms with Gasteiger partial charge in [-0.05, 0) is 44.1 Å². The highest BCUT2D eigenvalue weighted by atomic mass is 15.3. The van der Waals surface area contributed by atoms with E-state index in [1.807, 2.05) is 0 Å². The largest absolute Gasteiger partial charge is 0.329 e. The molecular weight excluding hydrogens is 246 g/mol. The van der Waals surface area contributed by atoms with Crippen molar-refractivity contribution in [2.45, 2.75) is 65.0 Å². The number of fused-ring (bicyclic) bond motifs is 1. The fourth-order valence-electron chi connectivity index (χ4n) is 4.26. The van der Waals surface area contributed by atoms with Gasteiger partial charge in [0.05, 0.1) is 0 Å². The van der Waals surface area contributed by atoms with E-state index in [-0.39, 0.29) is 5.54 Å². The first-order valence-electron chi connectivity index (χ1n) is 8.66. The van der Waals surface area contributed by atoms with Gasteiger partial charge in [-0.15, -0.1) is 0 Å². The van der Waals surface area contributed by atoms with Gasteiger partial charge in [0.1, 0.15) is 0 Å². The molecule has 0 aromatic heterocycles. The van der Waals surface area contributed by atoms with Gasteiger partial charge in [-0.2, -0.15) is 0 Å². The Balaban J connectivity index is 2.12. The minimum Gasteiger partial charge on any atom is -0.329 e. The summed E-state index contributed by atoms with van der Waals surface area (Å²) in [4.78, 5) is 5.45. The van der Waals surface area contributed by atoms with Crippen LogP contribution in [0.2, 0.25) is 0 Å². The van der Waals surface area contributed by atoms with Crippen LogP contribution in [0.3, 0.4) is 0 Å². The van der Waals surface area contributed by atoms with Crippen LogP contribution in [-0.4, -0.2) is 54.1 Å². The van der Waals surface area contributed by atoms with Gasteiger partial charge >= 0.3 is 0 Å². The van der Waals surface area contributed by atoms with E-state index in [4.69, 9.17) is 5.73 Å². The highest BCUT2D eigenvalue weighted by molar-refractivity contribution is 5.02. The van der Waals surface area contributed by atoms with Crippen LogP contribution in [0.25, 0.3) is 0 Å². The quantitative estimate of drug-likeness (QED) is 0.812. The second-order valence-electron chi connectivity index (χ2n) is 7.91.